The molecule has 3 heteroatoms. The fourth-order valence-electron chi connectivity index (χ4n) is 1.92. The predicted molar refractivity (Wildman–Crippen MR) is 76.1 cm³/mol. The zero-order valence-corrected chi connectivity index (χ0v) is 11.0. The van der Waals surface area contributed by atoms with Crippen LogP contribution in [0.1, 0.15) is 11.1 Å². The van der Waals surface area contributed by atoms with Crippen LogP contribution in [0.15, 0.2) is 54.6 Å². The number of hydrogen-bond acceptors (Lipinski definition) is 3. The number of nitrogens with two attached hydrogens (primary N) is 1. The normalized spacial score (nSPS) is 13.8. The molecule has 0 radical (unpaired) electrons. The van der Waals surface area contributed by atoms with Gasteiger partial charge in [-0.15, -0.1) is 0 Å². The SMILES string of the molecule is Cc1ccccc1OCC(N)(CO)c1ccccc1. The minimum Gasteiger partial charge on any atom is -0.491 e. The second-order valence-electron chi connectivity index (χ2n) is 4.73. The van der Waals surface area contributed by atoms with Crippen LogP contribution in [-0.4, -0.2) is 18.3 Å². The standard InChI is InChI=1S/C16H19NO2/c1-13-7-5-6-10-15(13)19-12-16(17,11-18)14-8-3-2-4-9-14/h2-10,18H,11-12,17H2,1H3. The van der Waals surface area contributed by atoms with Crippen LogP contribution in [0.25, 0.3) is 0 Å². The molecule has 0 aliphatic heterocycles. The monoisotopic (exact) mass is 257 g/mol. The lowest BCUT2D eigenvalue weighted by Gasteiger charge is -2.28. The highest BCUT2D eigenvalue weighted by Gasteiger charge is 2.27. The van der Waals surface area contributed by atoms with Crippen molar-refractivity contribution in [2.75, 3.05) is 13.2 Å². The Morgan fingerprint density at radius 2 is 1.68 bits per heavy atom. The van der Waals surface area contributed by atoms with Gasteiger partial charge < -0.3 is 15.6 Å². The molecule has 0 spiro atoms. The molecule has 0 aliphatic rings. The van der Waals surface area contributed by atoms with Crippen LogP contribution in [0, 0.1) is 6.92 Å². The maximum atomic E-state index is 9.58. The highest BCUT2D eigenvalue weighted by molar-refractivity contribution is 5.32. The van der Waals surface area contributed by atoms with Crippen molar-refractivity contribution in [3.63, 3.8) is 0 Å². The van der Waals surface area contributed by atoms with Gasteiger partial charge in [0.2, 0.25) is 0 Å². The number of aryl methyl sites for hydroxylation is 1. The quantitative estimate of drug-likeness (QED) is 0.863. The number of para-hydroxylation sites is 1. The van der Waals surface area contributed by atoms with Crippen molar-refractivity contribution in [2.45, 2.75) is 12.5 Å². The van der Waals surface area contributed by atoms with E-state index in [0.717, 1.165) is 16.9 Å². The summed E-state index contributed by atoms with van der Waals surface area (Å²) in [7, 11) is 0. The Bertz CT molecular complexity index is 527. The molecule has 2 aromatic carbocycles. The molecule has 0 bridgehead atoms. The van der Waals surface area contributed by atoms with E-state index in [-0.39, 0.29) is 13.2 Å². The molecule has 0 aromatic heterocycles. The van der Waals surface area contributed by atoms with Crippen LogP contribution >= 0.6 is 0 Å². The van der Waals surface area contributed by atoms with Gasteiger partial charge in [0.25, 0.3) is 0 Å². The summed E-state index contributed by atoms with van der Waals surface area (Å²) < 4.78 is 5.76. The highest BCUT2D eigenvalue weighted by atomic mass is 16.5. The molecule has 2 rings (SSSR count). The lowest BCUT2D eigenvalue weighted by molar-refractivity contribution is 0.132. The fourth-order valence-corrected chi connectivity index (χ4v) is 1.92. The third-order valence-electron chi connectivity index (χ3n) is 3.21. The minimum atomic E-state index is -0.885. The van der Waals surface area contributed by atoms with E-state index in [2.05, 4.69) is 0 Å². The second-order valence-corrected chi connectivity index (χ2v) is 4.73. The van der Waals surface area contributed by atoms with Gasteiger partial charge in [-0.05, 0) is 24.1 Å². The van der Waals surface area contributed by atoms with Crippen molar-refractivity contribution in [1.82, 2.24) is 0 Å². The smallest absolute Gasteiger partial charge is 0.122 e. The number of hydrogen-bond donors (Lipinski definition) is 2. The van der Waals surface area contributed by atoms with Gasteiger partial charge in [-0.1, -0.05) is 48.5 Å². The van der Waals surface area contributed by atoms with Crippen LogP contribution < -0.4 is 10.5 Å². The van der Waals surface area contributed by atoms with Crippen LogP contribution in [0.5, 0.6) is 5.75 Å². The molecule has 1 atom stereocenters. The van der Waals surface area contributed by atoms with Gasteiger partial charge in [0.15, 0.2) is 0 Å². The van der Waals surface area contributed by atoms with Crippen molar-refractivity contribution in [2.24, 2.45) is 5.73 Å². The topological polar surface area (TPSA) is 55.5 Å². The Hall–Kier alpha value is -1.84. The van der Waals surface area contributed by atoms with E-state index in [1.54, 1.807) is 0 Å². The summed E-state index contributed by atoms with van der Waals surface area (Å²) in [5.41, 5.74) is 7.27. The fraction of sp³-hybridized carbons (Fsp3) is 0.250. The molecule has 0 aliphatic carbocycles. The maximum Gasteiger partial charge on any atom is 0.122 e. The third kappa shape index (κ3) is 3.13. The van der Waals surface area contributed by atoms with Gasteiger partial charge in [0.05, 0.1) is 12.1 Å². The van der Waals surface area contributed by atoms with Crippen LogP contribution in [0.2, 0.25) is 0 Å². The van der Waals surface area contributed by atoms with Crippen molar-refractivity contribution in [3.8, 4) is 5.75 Å². The van der Waals surface area contributed by atoms with E-state index in [4.69, 9.17) is 10.5 Å². The molecule has 0 heterocycles. The van der Waals surface area contributed by atoms with Gasteiger partial charge >= 0.3 is 0 Å². The van der Waals surface area contributed by atoms with E-state index in [1.807, 2.05) is 61.5 Å². The van der Waals surface area contributed by atoms with Gasteiger partial charge in [-0.3, -0.25) is 0 Å². The van der Waals surface area contributed by atoms with Gasteiger partial charge in [-0.25, -0.2) is 0 Å². The Morgan fingerprint density at radius 3 is 2.32 bits per heavy atom. The zero-order valence-electron chi connectivity index (χ0n) is 11.0. The molecular weight excluding hydrogens is 238 g/mol. The summed E-state index contributed by atoms with van der Waals surface area (Å²) in [6.07, 6.45) is 0. The van der Waals surface area contributed by atoms with E-state index >= 15 is 0 Å². The molecule has 0 saturated carbocycles. The van der Waals surface area contributed by atoms with Crippen molar-refractivity contribution < 1.29 is 9.84 Å². The first kappa shape index (κ1) is 13.6. The Balaban J connectivity index is 2.14. The Morgan fingerprint density at radius 1 is 1.05 bits per heavy atom. The van der Waals surface area contributed by atoms with Crippen molar-refractivity contribution >= 4 is 0 Å². The summed E-state index contributed by atoms with van der Waals surface area (Å²) in [5, 5.41) is 9.58. The summed E-state index contributed by atoms with van der Waals surface area (Å²) in [5.74, 6) is 0.793. The first-order chi connectivity index (χ1) is 9.15. The summed E-state index contributed by atoms with van der Waals surface area (Å²) >= 11 is 0. The molecule has 2 aromatic rings. The molecule has 3 nitrogen and oxygen atoms in total. The Kier molecular flexibility index (Phi) is 4.20. The molecule has 100 valence electrons. The predicted octanol–water partition coefficient (Wildman–Crippen LogP) is 2.22. The number of benzene rings is 2. The summed E-state index contributed by atoms with van der Waals surface area (Å²) in [6.45, 7) is 2.05. The largest absolute Gasteiger partial charge is 0.491 e. The maximum absolute atomic E-state index is 9.58. The van der Waals surface area contributed by atoms with Crippen molar-refractivity contribution in [1.29, 1.82) is 0 Å². The highest BCUT2D eigenvalue weighted by Crippen LogP contribution is 2.22. The molecule has 0 amide bonds. The average molecular weight is 257 g/mol. The Labute approximate surface area is 113 Å². The first-order valence-electron chi connectivity index (χ1n) is 6.29. The first-order valence-corrected chi connectivity index (χ1v) is 6.29. The summed E-state index contributed by atoms with van der Waals surface area (Å²) in [4.78, 5) is 0. The molecule has 3 N–H and O–H groups in total. The lowest BCUT2D eigenvalue weighted by atomic mass is 9.93. The number of aliphatic hydroxyl groups excluding tert-OH is 1. The van der Waals surface area contributed by atoms with Gasteiger partial charge in [-0.2, -0.15) is 0 Å². The molecule has 0 fully saturated rings. The summed E-state index contributed by atoms with van der Waals surface area (Å²) in [6, 6.07) is 17.3. The van der Waals surface area contributed by atoms with Crippen LogP contribution in [-0.2, 0) is 5.54 Å². The van der Waals surface area contributed by atoms with Crippen LogP contribution in [0.4, 0.5) is 0 Å². The number of rotatable bonds is 5. The van der Waals surface area contributed by atoms with E-state index in [1.165, 1.54) is 0 Å². The van der Waals surface area contributed by atoms with Crippen molar-refractivity contribution in [3.05, 3.63) is 65.7 Å². The number of aliphatic hydroxyl groups is 1. The lowest BCUT2D eigenvalue weighted by Crippen LogP contribution is -2.46. The van der Waals surface area contributed by atoms with E-state index in [0.29, 0.717) is 0 Å². The van der Waals surface area contributed by atoms with E-state index in [9.17, 15) is 5.11 Å². The number of ether oxygens (including phenoxy) is 1. The van der Waals surface area contributed by atoms with Gasteiger partial charge in [0.1, 0.15) is 12.4 Å². The average Bonchev–Trinajstić information content (AvgIpc) is 2.47. The molecule has 1 unspecified atom stereocenters. The minimum absolute atomic E-state index is 0.164. The van der Waals surface area contributed by atoms with Gasteiger partial charge in [0, 0.05) is 0 Å². The molecule has 19 heavy (non-hydrogen) atoms. The second kappa shape index (κ2) is 5.87. The van der Waals surface area contributed by atoms with Crippen LogP contribution in [0.3, 0.4) is 0 Å². The zero-order chi connectivity index (χ0) is 13.7. The van der Waals surface area contributed by atoms with E-state index < -0.39 is 5.54 Å². The molecular formula is C16H19NO2. The third-order valence-corrected chi connectivity index (χ3v) is 3.21. The molecule has 0 saturated heterocycles.